The first-order chi connectivity index (χ1) is 16.5. The second-order valence-electron chi connectivity index (χ2n) is 7.20. The van der Waals surface area contributed by atoms with Crippen LogP contribution in [0.2, 0.25) is 0 Å². The third-order valence-electron chi connectivity index (χ3n) is 4.94. The minimum atomic E-state index is -0.284. The summed E-state index contributed by atoms with van der Waals surface area (Å²) in [7, 11) is 3.16. The van der Waals surface area contributed by atoms with E-state index in [1.54, 1.807) is 61.6 Å². The number of methoxy groups -OCH3 is 2. The summed E-state index contributed by atoms with van der Waals surface area (Å²) in [5, 5.41) is 0.420. The van der Waals surface area contributed by atoms with E-state index in [1.165, 1.54) is 16.7 Å². The molecule has 1 aliphatic heterocycles. The molecule has 7 nitrogen and oxygen atoms in total. The summed E-state index contributed by atoms with van der Waals surface area (Å²) in [4.78, 5) is 33.8. The van der Waals surface area contributed by atoms with Gasteiger partial charge in [0.05, 0.1) is 25.7 Å². The molecule has 0 atom stereocenters. The molecular weight excluding hydrogens is 450 g/mol. The largest absolute Gasteiger partial charge is 0.497 e. The van der Waals surface area contributed by atoms with Crippen molar-refractivity contribution in [1.82, 2.24) is 4.90 Å². The van der Waals surface area contributed by atoms with E-state index in [-0.39, 0.29) is 23.3 Å². The van der Waals surface area contributed by atoms with Gasteiger partial charge < -0.3 is 14.4 Å². The van der Waals surface area contributed by atoms with Crippen LogP contribution in [-0.4, -0.2) is 54.9 Å². The molecule has 0 spiro atoms. The van der Waals surface area contributed by atoms with E-state index < -0.39 is 0 Å². The van der Waals surface area contributed by atoms with E-state index in [1.807, 2.05) is 24.3 Å². The molecule has 2 aromatic carbocycles. The second kappa shape index (κ2) is 11.9. The predicted octanol–water partition coefficient (Wildman–Crippen LogP) is 4.38. The van der Waals surface area contributed by atoms with Crippen LogP contribution in [0.15, 0.2) is 84.5 Å². The van der Waals surface area contributed by atoms with Crippen LogP contribution >= 0.6 is 11.8 Å². The second-order valence-corrected chi connectivity index (χ2v) is 8.15. The van der Waals surface area contributed by atoms with Gasteiger partial charge in [0.15, 0.2) is 5.17 Å². The summed E-state index contributed by atoms with van der Waals surface area (Å²) < 4.78 is 10.5. The number of carbonyl (C=O) groups is 2. The molecule has 0 radical (unpaired) electrons. The Kier molecular flexibility index (Phi) is 8.70. The molecular formula is C26H27N3O4S. The van der Waals surface area contributed by atoms with Crippen molar-refractivity contribution in [3.05, 3.63) is 85.1 Å². The molecule has 0 bridgehead atoms. The van der Waals surface area contributed by atoms with Crippen molar-refractivity contribution in [2.24, 2.45) is 4.99 Å². The Labute approximate surface area is 204 Å². The number of aliphatic imine (C=N–C) groups is 1. The number of hydrogen-bond donors (Lipinski definition) is 0. The lowest BCUT2D eigenvalue weighted by atomic mass is 10.2. The molecule has 1 heterocycles. The van der Waals surface area contributed by atoms with Gasteiger partial charge in [0.2, 0.25) is 5.91 Å². The fourth-order valence-corrected chi connectivity index (χ4v) is 4.15. The van der Waals surface area contributed by atoms with Gasteiger partial charge >= 0.3 is 0 Å². The lowest BCUT2D eigenvalue weighted by Gasteiger charge is -2.21. The zero-order valence-electron chi connectivity index (χ0n) is 19.3. The van der Waals surface area contributed by atoms with E-state index in [9.17, 15) is 9.59 Å². The molecule has 8 heteroatoms. The molecule has 2 aromatic rings. The molecule has 34 heavy (non-hydrogen) atoms. The minimum absolute atomic E-state index is 0.0990. The maximum absolute atomic E-state index is 13.4. The number of hydrogen-bond acceptors (Lipinski definition) is 6. The van der Waals surface area contributed by atoms with Gasteiger partial charge in [-0.25, -0.2) is 4.99 Å². The molecule has 0 N–H and O–H groups in total. The van der Waals surface area contributed by atoms with E-state index in [2.05, 4.69) is 18.2 Å². The Morgan fingerprint density at radius 1 is 1.06 bits per heavy atom. The Morgan fingerprint density at radius 2 is 1.74 bits per heavy atom. The highest BCUT2D eigenvalue weighted by Gasteiger charge is 2.33. The van der Waals surface area contributed by atoms with Crippen LogP contribution in [0.4, 0.5) is 5.69 Å². The summed E-state index contributed by atoms with van der Waals surface area (Å²) in [5.41, 5.74) is 1.69. The molecule has 0 aliphatic carbocycles. The maximum atomic E-state index is 13.4. The van der Waals surface area contributed by atoms with E-state index in [0.717, 1.165) is 11.3 Å². The first kappa shape index (κ1) is 24.9. The van der Waals surface area contributed by atoms with Gasteiger partial charge in [0.1, 0.15) is 17.2 Å². The van der Waals surface area contributed by atoms with Crippen molar-refractivity contribution >= 4 is 40.5 Å². The first-order valence-electron chi connectivity index (χ1n) is 10.6. The summed E-state index contributed by atoms with van der Waals surface area (Å²) in [5.74, 6) is 1.07. The van der Waals surface area contributed by atoms with Gasteiger partial charge in [0, 0.05) is 19.2 Å². The standard InChI is InChI=1S/C26H27N3O4S/c1-5-14-28(15-6-2)24(30)18-34-26-27-23(16-19-10-12-21(32-3)13-11-19)25(31)29(26)20-8-7-9-22(17-20)33-4/h5-13,16-17H,1-2,14-15,18H2,3-4H3/b23-16-. The van der Waals surface area contributed by atoms with Gasteiger partial charge in [-0.05, 0) is 35.9 Å². The molecule has 3 rings (SSSR count). The molecule has 0 aromatic heterocycles. The summed E-state index contributed by atoms with van der Waals surface area (Å²) in [6.45, 7) is 8.24. The lowest BCUT2D eigenvalue weighted by Crippen LogP contribution is -2.35. The van der Waals surface area contributed by atoms with E-state index >= 15 is 0 Å². The maximum Gasteiger partial charge on any atom is 0.283 e. The molecule has 0 unspecified atom stereocenters. The summed E-state index contributed by atoms with van der Waals surface area (Å²) in [6.07, 6.45) is 5.05. The quantitative estimate of drug-likeness (QED) is 0.375. The highest BCUT2D eigenvalue weighted by atomic mass is 32.2. The van der Waals surface area contributed by atoms with Crippen molar-refractivity contribution in [3.63, 3.8) is 0 Å². The van der Waals surface area contributed by atoms with Crippen molar-refractivity contribution < 1.29 is 19.1 Å². The van der Waals surface area contributed by atoms with Crippen molar-refractivity contribution in [1.29, 1.82) is 0 Å². The Hall–Kier alpha value is -3.78. The van der Waals surface area contributed by atoms with Crippen LogP contribution in [0.3, 0.4) is 0 Å². The van der Waals surface area contributed by atoms with Gasteiger partial charge in [-0.3, -0.25) is 14.5 Å². The normalized spacial score (nSPS) is 14.1. The third kappa shape index (κ3) is 5.96. The molecule has 0 saturated heterocycles. The van der Waals surface area contributed by atoms with Crippen LogP contribution in [-0.2, 0) is 9.59 Å². The number of benzene rings is 2. The van der Waals surface area contributed by atoms with Gasteiger partial charge in [0.25, 0.3) is 5.91 Å². The Morgan fingerprint density at radius 3 is 2.35 bits per heavy atom. The van der Waals surface area contributed by atoms with Crippen LogP contribution in [0.1, 0.15) is 5.56 Å². The zero-order valence-corrected chi connectivity index (χ0v) is 20.1. The van der Waals surface area contributed by atoms with Crippen molar-refractivity contribution in [2.75, 3.05) is 38.0 Å². The number of amidine groups is 1. The Bertz CT molecular complexity index is 1120. The SMILES string of the molecule is C=CCN(CC=C)C(=O)CSC1=N/C(=C\c2ccc(OC)cc2)C(=O)N1c1cccc(OC)c1. The highest BCUT2D eigenvalue weighted by Crippen LogP contribution is 2.31. The average Bonchev–Trinajstić information content (AvgIpc) is 3.17. The Balaban J connectivity index is 1.91. The summed E-state index contributed by atoms with van der Waals surface area (Å²) >= 11 is 1.21. The lowest BCUT2D eigenvalue weighted by molar-refractivity contribution is -0.127. The van der Waals surface area contributed by atoms with Gasteiger partial charge in [-0.1, -0.05) is 42.1 Å². The highest BCUT2D eigenvalue weighted by molar-refractivity contribution is 8.14. The monoisotopic (exact) mass is 477 g/mol. The average molecular weight is 478 g/mol. The first-order valence-corrected chi connectivity index (χ1v) is 11.5. The molecule has 0 saturated carbocycles. The fourth-order valence-electron chi connectivity index (χ4n) is 3.24. The van der Waals surface area contributed by atoms with Gasteiger partial charge in [-0.15, -0.1) is 13.2 Å². The van der Waals surface area contributed by atoms with E-state index in [0.29, 0.717) is 29.7 Å². The van der Waals surface area contributed by atoms with Gasteiger partial charge in [-0.2, -0.15) is 0 Å². The number of thioether (sulfide) groups is 1. The smallest absolute Gasteiger partial charge is 0.283 e. The van der Waals surface area contributed by atoms with Crippen molar-refractivity contribution in [2.45, 2.75) is 0 Å². The van der Waals surface area contributed by atoms with Crippen LogP contribution in [0.5, 0.6) is 11.5 Å². The predicted molar refractivity (Wildman–Crippen MR) is 138 cm³/mol. The zero-order chi connectivity index (χ0) is 24.5. The third-order valence-corrected chi connectivity index (χ3v) is 5.86. The van der Waals surface area contributed by atoms with Crippen LogP contribution < -0.4 is 14.4 Å². The van der Waals surface area contributed by atoms with E-state index in [4.69, 9.17) is 9.47 Å². The topological polar surface area (TPSA) is 71.4 Å². The molecule has 176 valence electrons. The fraction of sp³-hybridized carbons (Fsp3) is 0.192. The minimum Gasteiger partial charge on any atom is -0.497 e. The molecule has 0 fully saturated rings. The number of anilines is 1. The van der Waals surface area contributed by atoms with Crippen molar-refractivity contribution in [3.8, 4) is 11.5 Å². The number of ether oxygens (including phenoxy) is 2. The number of rotatable bonds is 10. The number of nitrogens with zero attached hydrogens (tertiary/aromatic N) is 3. The number of amides is 2. The molecule has 1 aliphatic rings. The number of carbonyl (C=O) groups excluding carboxylic acids is 2. The van der Waals surface area contributed by atoms with Crippen LogP contribution in [0.25, 0.3) is 6.08 Å². The summed E-state index contributed by atoms with van der Waals surface area (Å²) in [6, 6.07) is 14.5. The van der Waals surface area contributed by atoms with Crippen LogP contribution in [0, 0.1) is 0 Å². The molecule has 2 amide bonds.